The van der Waals surface area contributed by atoms with Gasteiger partial charge in [0.25, 0.3) is 0 Å². The summed E-state index contributed by atoms with van der Waals surface area (Å²) in [5.74, 6) is 2.53. The Labute approximate surface area is 157 Å². The largest absolute Gasteiger partial charge is 0.393 e. The summed E-state index contributed by atoms with van der Waals surface area (Å²) in [4.78, 5) is 0. The molecule has 138 valence electrons. The van der Waals surface area contributed by atoms with Gasteiger partial charge in [-0.05, 0) is 55.1 Å². The second-order valence-corrected chi connectivity index (χ2v) is 8.33. The van der Waals surface area contributed by atoms with Crippen LogP contribution in [-0.2, 0) is 0 Å². The van der Waals surface area contributed by atoms with E-state index in [1.807, 2.05) is 0 Å². The third-order valence-corrected chi connectivity index (χ3v) is 5.75. The van der Waals surface area contributed by atoms with Gasteiger partial charge in [-0.15, -0.1) is 0 Å². The Morgan fingerprint density at radius 1 is 0.750 bits per heavy atom. The predicted molar refractivity (Wildman–Crippen MR) is 107 cm³/mol. The van der Waals surface area contributed by atoms with Gasteiger partial charge in [-0.3, -0.25) is 0 Å². The quantitative estimate of drug-likeness (QED) is 0.248. The molecular formula is C19H34N2OS2. The number of hydrogen-bond acceptors (Lipinski definition) is 5. The summed E-state index contributed by atoms with van der Waals surface area (Å²) in [5.41, 5.74) is 0. The molecule has 0 aliphatic heterocycles. The lowest BCUT2D eigenvalue weighted by Gasteiger charge is -2.11. The first kappa shape index (κ1) is 23.6. The van der Waals surface area contributed by atoms with E-state index in [9.17, 15) is 5.11 Å². The molecule has 0 rings (SSSR count). The van der Waals surface area contributed by atoms with Crippen molar-refractivity contribution in [2.24, 2.45) is 5.92 Å². The minimum Gasteiger partial charge on any atom is -0.393 e. The van der Waals surface area contributed by atoms with Crippen LogP contribution in [0.15, 0.2) is 0 Å². The molecule has 0 aromatic carbocycles. The van der Waals surface area contributed by atoms with Gasteiger partial charge in [0.15, 0.2) is 0 Å². The maximum Gasteiger partial charge on any atom is 0.133 e. The van der Waals surface area contributed by atoms with Gasteiger partial charge in [-0.2, -0.15) is 10.5 Å². The highest BCUT2D eigenvalue weighted by atomic mass is 32.2. The summed E-state index contributed by atoms with van der Waals surface area (Å²) < 4.78 is 0. The first-order chi connectivity index (χ1) is 11.7. The third kappa shape index (κ3) is 18.0. The van der Waals surface area contributed by atoms with E-state index in [-0.39, 0.29) is 6.10 Å². The smallest absolute Gasteiger partial charge is 0.133 e. The van der Waals surface area contributed by atoms with Crippen molar-refractivity contribution in [1.82, 2.24) is 0 Å². The average Bonchev–Trinajstić information content (AvgIpc) is 2.58. The van der Waals surface area contributed by atoms with Crippen LogP contribution < -0.4 is 0 Å². The van der Waals surface area contributed by atoms with Crippen LogP contribution >= 0.6 is 23.5 Å². The van der Waals surface area contributed by atoms with Crippen LogP contribution in [0.4, 0.5) is 0 Å². The van der Waals surface area contributed by atoms with E-state index in [4.69, 9.17) is 10.5 Å². The lowest BCUT2D eigenvalue weighted by atomic mass is 10.0. The van der Waals surface area contributed by atoms with Crippen LogP contribution in [0, 0.1) is 27.2 Å². The molecule has 0 bridgehead atoms. The number of rotatable bonds is 17. The van der Waals surface area contributed by atoms with Crippen molar-refractivity contribution in [2.45, 2.75) is 90.1 Å². The zero-order chi connectivity index (χ0) is 17.9. The average molecular weight is 371 g/mol. The molecule has 3 nitrogen and oxygen atoms in total. The molecule has 2 atom stereocenters. The van der Waals surface area contributed by atoms with Crippen LogP contribution in [0.5, 0.6) is 0 Å². The van der Waals surface area contributed by atoms with E-state index in [0.29, 0.717) is 5.92 Å². The van der Waals surface area contributed by atoms with E-state index >= 15 is 0 Å². The van der Waals surface area contributed by atoms with Crippen molar-refractivity contribution in [3.8, 4) is 10.8 Å². The lowest BCUT2D eigenvalue weighted by molar-refractivity contribution is 0.147. The molecule has 1 N–H and O–H groups in total. The molecule has 0 radical (unpaired) electrons. The van der Waals surface area contributed by atoms with Gasteiger partial charge in [0.1, 0.15) is 10.8 Å². The summed E-state index contributed by atoms with van der Waals surface area (Å²) >= 11 is 2.71. The molecule has 0 aromatic rings. The van der Waals surface area contributed by atoms with Crippen molar-refractivity contribution in [3.63, 3.8) is 0 Å². The zero-order valence-electron chi connectivity index (χ0n) is 15.2. The maximum absolute atomic E-state index is 10.0. The minimum atomic E-state index is -0.122. The topological polar surface area (TPSA) is 67.8 Å². The molecule has 0 saturated heterocycles. The van der Waals surface area contributed by atoms with Crippen molar-refractivity contribution < 1.29 is 5.11 Å². The van der Waals surface area contributed by atoms with Gasteiger partial charge in [0.05, 0.1) is 6.10 Å². The number of thioether (sulfide) groups is 2. The van der Waals surface area contributed by atoms with Crippen LogP contribution in [-0.4, -0.2) is 22.7 Å². The number of unbranched alkanes of at least 4 members (excludes halogenated alkanes) is 7. The first-order valence-electron chi connectivity index (χ1n) is 9.40. The summed E-state index contributed by atoms with van der Waals surface area (Å²) in [7, 11) is 0. The van der Waals surface area contributed by atoms with Gasteiger partial charge in [0.2, 0.25) is 0 Å². The Balaban J connectivity index is 3.25. The number of nitriles is 2. The highest BCUT2D eigenvalue weighted by Gasteiger charge is 2.05. The van der Waals surface area contributed by atoms with Gasteiger partial charge in [-0.1, -0.05) is 58.3 Å². The fourth-order valence-electron chi connectivity index (χ4n) is 2.76. The van der Waals surface area contributed by atoms with Crippen molar-refractivity contribution >= 4 is 23.5 Å². The molecule has 0 amide bonds. The van der Waals surface area contributed by atoms with E-state index in [1.165, 1.54) is 68.5 Å². The molecule has 5 heteroatoms. The van der Waals surface area contributed by atoms with E-state index in [2.05, 4.69) is 17.7 Å². The van der Waals surface area contributed by atoms with Gasteiger partial charge in [-0.25, -0.2) is 0 Å². The van der Waals surface area contributed by atoms with Crippen LogP contribution in [0.25, 0.3) is 0 Å². The minimum absolute atomic E-state index is 0.122. The number of hydrogen-bond donors (Lipinski definition) is 1. The number of aliphatic hydroxyl groups is 1. The molecule has 0 saturated carbocycles. The molecule has 0 aromatic heterocycles. The molecule has 24 heavy (non-hydrogen) atoms. The fraction of sp³-hybridized carbons (Fsp3) is 0.895. The number of nitrogens with zero attached hydrogens (tertiary/aromatic N) is 2. The van der Waals surface area contributed by atoms with Gasteiger partial charge >= 0.3 is 0 Å². The van der Waals surface area contributed by atoms with Crippen LogP contribution in [0.1, 0.15) is 84.0 Å². The van der Waals surface area contributed by atoms with E-state index in [1.54, 1.807) is 0 Å². The Hall–Kier alpha value is -0.360. The summed E-state index contributed by atoms with van der Waals surface area (Å²) in [5, 5.41) is 31.2. The third-order valence-electron chi connectivity index (χ3n) is 4.26. The molecule has 0 heterocycles. The monoisotopic (exact) mass is 370 g/mol. The standard InChI is InChI=1S/C19H34N2OS2/c1-18(15-24-17-21)11-7-6-9-13-19(22)12-8-4-2-3-5-10-14-23-16-20/h18-19,22H,2-15H2,1H3. The lowest BCUT2D eigenvalue weighted by Crippen LogP contribution is -2.06. The Morgan fingerprint density at radius 2 is 1.25 bits per heavy atom. The molecule has 0 aliphatic rings. The maximum atomic E-state index is 10.0. The van der Waals surface area contributed by atoms with Gasteiger partial charge in [0, 0.05) is 11.5 Å². The summed E-state index contributed by atoms with van der Waals surface area (Å²) in [6.07, 6.45) is 13.7. The Bertz CT molecular complexity index is 352. The van der Waals surface area contributed by atoms with Crippen LogP contribution in [0.3, 0.4) is 0 Å². The highest BCUT2D eigenvalue weighted by molar-refractivity contribution is 8.03. The first-order valence-corrected chi connectivity index (χ1v) is 11.4. The second kappa shape index (κ2) is 19.0. The normalized spacial score (nSPS) is 13.2. The molecule has 0 fully saturated rings. The van der Waals surface area contributed by atoms with E-state index < -0.39 is 0 Å². The molecule has 0 aliphatic carbocycles. The Morgan fingerprint density at radius 3 is 1.88 bits per heavy atom. The van der Waals surface area contributed by atoms with E-state index in [0.717, 1.165) is 43.6 Å². The summed E-state index contributed by atoms with van der Waals surface area (Å²) in [6, 6.07) is 0. The van der Waals surface area contributed by atoms with Crippen LogP contribution in [0.2, 0.25) is 0 Å². The van der Waals surface area contributed by atoms with Crippen molar-refractivity contribution in [1.29, 1.82) is 10.5 Å². The van der Waals surface area contributed by atoms with Crippen molar-refractivity contribution in [2.75, 3.05) is 11.5 Å². The van der Waals surface area contributed by atoms with Crippen molar-refractivity contribution in [3.05, 3.63) is 0 Å². The molecular weight excluding hydrogens is 336 g/mol. The second-order valence-electron chi connectivity index (χ2n) is 6.65. The molecule has 2 unspecified atom stereocenters. The molecule has 0 spiro atoms. The SMILES string of the molecule is CC(CCCCCC(O)CCCCCCCCSC#N)CSC#N. The number of aliphatic hydroxyl groups excluding tert-OH is 1. The summed E-state index contributed by atoms with van der Waals surface area (Å²) in [6.45, 7) is 2.21. The zero-order valence-corrected chi connectivity index (χ0v) is 16.8. The predicted octanol–water partition coefficient (Wildman–Crippen LogP) is 6.09. The van der Waals surface area contributed by atoms with Gasteiger partial charge < -0.3 is 5.11 Å². The highest BCUT2D eigenvalue weighted by Crippen LogP contribution is 2.17. The number of thiocyanates is 2. The fourth-order valence-corrected chi connectivity index (χ4v) is 3.73. The Kier molecular flexibility index (Phi) is 18.7.